The van der Waals surface area contributed by atoms with Gasteiger partial charge in [0, 0.05) is 49.5 Å². The molecule has 2 aromatic carbocycles. The van der Waals surface area contributed by atoms with Crippen LogP contribution < -0.4 is 10.2 Å². The zero-order valence-corrected chi connectivity index (χ0v) is 22.1. The third-order valence-electron chi connectivity index (χ3n) is 9.17. The van der Waals surface area contributed by atoms with Gasteiger partial charge in [-0.1, -0.05) is 35.9 Å². The number of alkyl halides is 2. The van der Waals surface area contributed by atoms with Crippen LogP contribution in [0.25, 0.3) is 0 Å². The summed E-state index contributed by atoms with van der Waals surface area (Å²) in [7, 11) is 1.49. The van der Waals surface area contributed by atoms with E-state index in [1.807, 2.05) is 12.1 Å². The Morgan fingerprint density at radius 1 is 1.13 bits per heavy atom. The van der Waals surface area contributed by atoms with Crippen LogP contribution in [-0.2, 0) is 16.3 Å². The Labute approximate surface area is 225 Å². The molecule has 3 aliphatic carbocycles. The van der Waals surface area contributed by atoms with E-state index in [0.717, 1.165) is 57.3 Å². The number of fused-ring (bicyclic) bond motifs is 1. The van der Waals surface area contributed by atoms with Gasteiger partial charge < -0.3 is 20.2 Å². The normalized spacial score (nSPS) is 26.3. The number of hydrogen-bond donors (Lipinski definition) is 2. The van der Waals surface area contributed by atoms with E-state index in [9.17, 15) is 23.5 Å². The molecule has 0 aromatic heterocycles. The maximum Gasteiger partial charge on any atom is 0.314 e. The Hall–Kier alpha value is -2.71. The Morgan fingerprint density at radius 3 is 2.47 bits per heavy atom. The highest BCUT2D eigenvalue weighted by Gasteiger charge is 2.70. The average molecular weight is 544 g/mol. The molecule has 3 fully saturated rings. The van der Waals surface area contributed by atoms with Crippen LogP contribution in [0.2, 0.25) is 5.02 Å². The SMILES string of the molecule is CN(CCC1CC12CCN(c1ccc(C(=O)NC3CC3)c(Cl)c1)CC2)C(=O)[C@]1(O)c2ccccc2C1(F)F. The van der Waals surface area contributed by atoms with E-state index >= 15 is 0 Å². The van der Waals surface area contributed by atoms with Crippen LogP contribution in [-0.4, -0.2) is 54.5 Å². The van der Waals surface area contributed by atoms with Crippen molar-refractivity contribution >= 4 is 29.1 Å². The summed E-state index contributed by atoms with van der Waals surface area (Å²) in [5.41, 5.74) is -1.35. The van der Waals surface area contributed by atoms with Gasteiger partial charge in [-0.25, -0.2) is 0 Å². The Bertz CT molecular complexity index is 1290. The molecular formula is C29H32ClF2N3O3. The number of nitrogens with zero attached hydrogens (tertiary/aromatic N) is 2. The molecule has 1 aliphatic heterocycles. The summed E-state index contributed by atoms with van der Waals surface area (Å²) in [6.07, 6.45) is 5.85. The molecule has 2 saturated carbocycles. The number of carbonyl (C=O) groups is 2. The van der Waals surface area contributed by atoms with E-state index < -0.39 is 17.4 Å². The summed E-state index contributed by atoms with van der Waals surface area (Å²) in [5, 5.41) is 14.1. The largest absolute Gasteiger partial charge is 0.371 e. The van der Waals surface area contributed by atoms with Gasteiger partial charge in [0.1, 0.15) is 0 Å². The van der Waals surface area contributed by atoms with Gasteiger partial charge in [-0.3, -0.25) is 9.59 Å². The molecule has 2 N–H and O–H groups in total. The number of halogens is 3. The number of amides is 2. The van der Waals surface area contributed by atoms with E-state index in [1.165, 1.54) is 30.1 Å². The number of hydrogen-bond acceptors (Lipinski definition) is 4. The van der Waals surface area contributed by atoms with Crippen molar-refractivity contribution in [1.29, 1.82) is 0 Å². The van der Waals surface area contributed by atoms with Gasteiger partial charge in [-0.05, 0) is 68.1 Å². The van der Waals surface area contributed by atoms with Gasteiger partial charge in [0.15, 0.2) is 0 Å². The third kappa shape index (κ3) is 3.99. The summed E-state index contributed by atoms with van der Waals surface area (Å²) in [5.74, 6) is -4.23. The minimum absolute atomic E-state index is 0.00575. The van der Waals surface area contributed by atoms with E-state index in [4.69, 9.17) is 11.6 Å². The zero-order chi connectivity index (χ0) is 26.9. The van der Waals surface area contributed by atoms with Crippen LogP contribution in [0.4, 0.5) is 14.5 Å². The van der Waals surface area contributed by atoms with Crippen molar-refractivity contribution in [1.82, 2.24) is 10.2 Å². The molecule has 4 aliphatic rings. The van der Waals surface area contributed by atoms with Gasteiger partial charge in [0.25, 0.3) is 11.8 Å². The van der Waals surface area contributed by atoms with Crippen LogP contribution in [0.1, 0.15) is 60.0 Å². The number of likely N-dealkylation sites (N-methyl/N-ethyl adjacent to an activating group) is 1. The summed E-state index contributed by atoms with van der Waals surface area (Å²) in [6, 6.07) is 11.6. The summed E-state index contributed by atoms with van der Waals surface area (Å²) < 4.78 is 29.3. The Morgan fingerprint density at radius 2 is 1.82 bits per heavy atom. The lowest BCUT2D eigenvalue weighted by Crippen LogP contribution is -2.62. The predicted molar refractivity (Wildman–Crippen MR) is 140 cm³/mol. The first kappa shape index (κ1) is 25.6. The fourth-order valence-corrected chi connectivity index (χ4v) is 6.65. The average Bonchev–Trinajstić information content (AvgIpc) is 3.84. The first-order valence-corrected chi connectivity index (χ1v) is 13.8. The lowest BCUT2D eigenvalue weighted by Gasteiger charge is -2.46. The van der Waals surface area contributed by atoms with Crippen molar-refractivity contribution in [2.45, 2.75) is 56.1 Å². The van der Waals surface area contributed by atoms with Crippen LogP contribution in [0.15, 0.2) is 42.5 Å². The summed E-state index contributed by atoms with van der Waals surface area (Å²) in [6.45, 7) is 2.07. The highest BCUT2D eigenvalue weighted by molar-refractivity contribution is 6.34. The van der Waals surface area contributed by atoms with Crippen LogP contribution in [0, 0.1) is 11.3 Å². The molecule has 6 rings (SSSR count). The molecule has 6 nitrogen and oxygen atoms in total. The fraction of sp³-hybridized carbons (Fsp3) is 0.517. The fourth-order valence-electron chi connectivity index (χ4n) is 6.39. The van der Waals surface area contributed by atoms with Crippen molar-refractivity contribution in [3.63, 3.8) is 0 Å². The van der Waals surface area contributed by atoms with Gasteiger partial charge in [-0.2, -0.15) is 8.78 Å². The van der Waals surface area contributed by atoms with Crippen molar-refractivity contribution in [3.05, 3.63) is 64.2 Å². The number of nitrogens with one attached hydrogen (secondary N) is 1. The molecular weight excluding hydrogens is 512 g/mol. The van der Waals surface area contributed by atoms with E-state index in [0.29, 0.717) is 23.0 Å². The van der Waals surface area contributed by atoms with Gasteiger partial charge >= 0.3 is 5.92 Å². The lowest BCUT2D eigenvalue weighted by atomic mass is 9.68. The molecule has 202 valence electrons. The number of rotatable bonds is 7. The smallest absolute Gasteiger partial charge is 0.314 e. The molecule has 2 amide bonds. The second kappa shape index (κ2) is 8.91. The number of anilines is 1. The number of benzene rings is 2. The monoisotopic (exact) mass is 543 g/mol. The molecule has 1 saturated heterocycles. The van der Waals surface area contributed by atoms with Gasteiger partial charge in [0.2, 0.25) is 5.60 Å². The maximum atomic E-state index is 14.7. The highest BCUT2D eigenvalue weighted by Crippen LogP contribution is 2.61. The van der Waals surface area contributed by atoms with Crippen LogP contribution in [0.3, 0.4) is 0 Å². The topological polar surface area (TPSA) is 72.9 Å². The van der Waals surface area contributed by atoms with E-state index in [1.54, 1.807) is 12.1 Å². The van der Waals surface area contributed by atoms with Crippen molar-refractivity contribution in [3.8, 4) is 0 Å². The molecule has 1 heterocycles. The third-order valence-corrected chi connectivity index (χ3v) is 9.48. The van der Waals surface area contributed by atoms with E-state index in [-0.39, 0.29) is 28.5 Å². The second-order valence-electron chi connectivity index (χ2n) is 11.5. The first-order chi connectivity index (χ1) is 18.1. The van der Waals surface area contributed by atoms with E-state index in [2.05, 4.69) is 10.2 Å². The molecule has 0 radical (unpaired) electrons. The predicted octanol–water partition coefficient (Wildman–Crippen LogP) is 4.68. The minimum Gasteiger partial charge on any atom is -0.371 e. The molecule has 2 aromatic rings. The number of piperidine rings is 1. The van der Waals surface area contributed by atoms with Gasteiger partial charge in [-0.15, -0.1) is 0 Å². The molecule has 2 atom stereocenters. The quantitative estimate of drug-likeness (QED) is 0.532. The van der Waals surface area contributed by atoms with Crippen LogP contribution in [0.5, 0.6) is 0 Å². The summed E-state index contributed by atoms with van der Waals surface area (Å²) in [4.78, 5) is 28.8. The molecule has 0 bridgehead atoms. The zero-order valence-electron chi connectivity index (χ0n) is 21.4. The standard InChI is InChI=1S/C29H32ClF2N3O3/c1-34(26(37)28(38)22-4-2-3-5-23(22)29(28,31)32)13-10-18-17-27(18)11-14-35(15-12-27)20-8-9-21(24(30)16-20)25(36)33-19-6-7-19/h2-5,8-9,16,18-19,38H,6-7,10-15,17H2,1H3,(H,33,36)/t18?,28-/m1/s1. The highest BCUT2D eigenvalue weighted by atomic mass is 35.5. The first-order valence-electron chi connectivity index (χ1n) is 13.4. The number of carbonyl (C=O) groups excluding carboxylic acids is 2. The Balaban J connectivity index is 1.01. The van der Waals surface area contributed by atoms with Crippen molar-refractivity contribution in [2.24, 2.45) is 11.3 Å². The maximum absolute atomic E-state index is 14.7. The molecule has 9 heteroatoms. The molecule has 1 unspecified atom stereocenters. The molecule has 38 heavy (non-hydrogen) atoms. The molecule has 1 spiro atoms. The van der Waals surface area contributed by atoms with Crippen molar-refractivity contribution in [2.75, 3.05) is 31.6 Å². The number of aliphatic hydroxyl groups is 1. The Kier molecular flexibility index (Phi) is 6.00. The second-order valence-corrected chi connectivity index (χ2v) is 11.9. The van der Waals surface area contributed by atoms with Gasteiger partial charge in [0.05, 0.1) is 10.6 Å². The lowest BCUT2D eigenvalue weighted by molar-refractivity contribution is -0.229. The summed E-state index contributed by atoms with van der Waals surface area (Å²) >= 11 is 6.44. The van der Waals surface area contributed by atoms with Crippen LogP contribution >= 0.6 is 11.6 Å². The van der Waals surface area contributed by atoms with Crippen molar-refractivity contribution < 1.29 is 23.5 Å². The minimum atomic E-state index is -3.59.